The summed E-state index contributed by atoms with van der Waals surface area (Å²) >= 11 is 0. The second-order valence-corrected chi connectivity index (χ2v) is 3.74. The molecular weight excluding hydrogens is 176 g/mol. The van der Waals surface area contributed by atoms with Gasteiger partial charge in [0.1, 0.15) is 6.33 Å². The Bertz CT molecular complexity index is 275. The minimum atomic E-state index is 0.278. The van der Waals surface area contributed by atoms with E-state index in [2.05, 4.69) is 9.97 Å². The standard InChI is InChI=1S/C10H16N4/c11-14-7-3-1-2-4-10(14)9-5-6-12-8-13-9/h5-6,8,10H,1-4,7,11H2. The van der Waals surface area contributed by atoms with Crippen molar-refractivity contribution in [1.82, 2.24) is 15.0 Å². The van der Waals surface area contributed by atoms with E-state index in [0.717, 1.165) is 18.7 Å². The van der Waals surface area contributed by atoms with Crippen molar-refractivity contribution in [1.29, 1.82) is 0 Å². The topological polar surface area (TPSA) is 55.0 Å². The van der Waals surface area contributed by atoms with Crippen LogP contribution in [0.25, 0.3) is 0 Å². The molecule has 1 aliphatic heterocycles. The smallest absolute Gasteiger partial charge is 0.115 e. The van der Waals surface area contributed by atoms with Crippen molar-refractivity contribution in [3.63, 3.8) is 0 Å². The fourth-order valence-electron chi connectivity index (χ4n) is 1.95. The van der Waals surface area contributed by atoms with Crippen molar-refractivity contribution < 1.29 is 0 Å². The Morgan fingerprint density at radius 3 is 3.07 bits per heavy atom. The van der Waals surface area contributed by atoms with Gasteiger partial charge in [0.25, 0.3) is 0 Å². The van der Waals surface area contributed by atoms with E-state index in [1.165, 1.54) is 19.3 Å². The van der Waals surface area contributed by atoms with Gasteiger partial charge in [-0.2, -0.15) is 0 Å². The summed E-state index contributed by atoms with van der Waals surface area (Å²) in [6.07, 6.45) is 8.18. The van der Waals surface area contributed by atoms with Gasteiger partial charge in [-0.1, -0.05) is 12.8 Å². The molecule has 14 heavy (non-hydrogen) atoms. The first-order chi connectivity index (χ1) is 6.88. The number of nitrogens with zero attached hydrogens (tertiary/aromatic N) is 3. The number of hydrogen-bond donors (Lipinski definition) is 1. The molecule has 1 aromatic rings. The molecule has 0 spiro atoms. The largest absolute Gasteiger partial charge is 0.268 e. The Balaban J connectivity index is 2.15. The van der Waals surface area contributed by atoms with E-state index in [0.29, 0.717) is 0 Å². The summed E-state index contributed by atoms with van der Waals surface area (Å²) in [5, 5.41) is 1.91. The van der Waals surface area contributed by atoms with Gasteiger partial charge in [-0.25, -0.2) is 15.0 Å². The van der Waals surface area contributed by atoms with E-state index in [1.54, 1.807) is 12.5 Å². The molecule has 1 fully saturated rings. The molecule has 0 bridgehead atoms. The number of hydrazine groups is 1. The summed E-state index contributed by atoms with van der Waals surface area (Å²) in [6, 6.07) is 2.23. The molecule has 76 valence electrons. The third kappa shape index (κ3) is 2.08. The molecule has 1 unspecified atom stereocenters. The van der Waals surface area contributed by atoms with E-state index < -0.39 is 0 Å². The molecule has 2 N–H and O–H groups in total. The lowest BCUT2D eigenvalue weighted by atomic mass is 10.1. The number of hydrogen-bond acceptors (Lipinski definition) is 4. The van der Waals surface area contributed by atoms with E-state index in [1.807, 2.05) is 11.1 Å². The third-order valence-corrected chi connectivity index (χ3v) is 2.74. The van der Waals surface area contributed by atoms with Gasteiger partial charge in [-0.3, -0.25) is 5.84 Å². The lowest BCUT2D eigenvalue weighted by molar-refractivity contribution is 0.202. The molecule has 1 aromatic heterocycles. The molecule has 4 heteroatoms. The Labute approximate surface area is 84.1 Å². The van der Waals surface area contributed by atoms with Gasteiger partial charge in [0.15, 0.2) is 0 Å². The first kappa shape index (κ1) is 9.55. The van der Waals surface area contributed by atoms with Crippen molar-refractivity contribution in [3.8, 4) is 0 Å². The maximum Gasteiger partial charge on any atom is 0.115 e. The molecule has 0 amide bonds. The van der Waals surface area contributed by atoms with Crippen LogP contribution >= 0.6 is 0 Å². The van der Waals surface area contributed by atoms with Crippen LogP contribution in [0.2, 0.25) is 0 Å². The highest BCUT2D eigenvalue weighted by Crippen LogP contribution is 2.25. The summed E-state index contributed by atoms with van der Waals surface area (Å²) < 4.78 is 0. The van der Waals surface area contributed by atoms with Crippen molar-refractivity contribution in [3.05, 3.63) is 24.3 Å². The van der Waals surface area contributed by atoms with E-state index in [9.17, 15) is 0 Å². The normalized spacial score (nSPS) is 24.5. The highest BCUT2D eigenvalue weighted by Gasteiger charge is 2.20. The van der Waals surface area contributed by atoms with Crippen LogP contribution in [0.5, 0.6) is 0 Å². The predicted molar refractivity (Wildman–Crippen MR) is 54.1 cm³/mol. The van der Waals surface area contributed by atoms with E-state index in [-0.39, 0.29) is 6.04 Å². The second kappa shape index (κ2) is 4.48. The van der Waals surface area contributed by atoms with Crippen molar-refractivity contribution >= 4 is 0 Å². The highest BCUT2D eigenvalue weighted by molar-refractivity contribution is 5.04. The minimum Gasteiger partial charge on any atom is -0.268 e. The van der Waals surface area contributed by atoms with Crippen LogP contribution in [-0.4, -0.2) is 21.5 Å². The fourth-order valence-corrected chi connectivity index (χ4v) is 1.95. The van der Waals surface area contributed by atoms with Crippen LogP contribution in [0.4, 0.5) is 0 Å². The Hall–Kier alpha value is -1.00. The molecule has 0 aromatic carbocycles. The summed E-state index contributed by atoms with van der Waals surface area (Å²) in [6.45, 7) is 0.967. The zero-order valence-corrected chi connectivity index (χ0v) is 8.26. The molecule has 0 radical (unpaired) electrons. The predicted octanol–water partition coefficient (Wildman–Crippen LogP) is 1.27. The number of aromatic nitrogens is 2. The fraction of sp³-hybridized carbons (Fsp3) is 0.600. The number of rotatable bonds is 1. The summed E-state index contributed by atoms with van der Waals surface area (Å²) in [4.78, 5) is 8.18. The Kier molecular flexibility index (Phi) is 3.06. The van der Waals surface area contributed by atoms with Gasteiger partial charge in [-0.15, -0.1) is 0 Å². The van der Waals surface area contributed by atoms with Gasteiger partial charge >= 0.3 is 0 Å². The zero-order chi connectivity index (χ0) is 9.80. The average Bonchev–Trinajstić information content (AvgIpc) is 2.44. The minimum absolute atomic E-state index is 0.278. The van der Waals surface area contributed by atoms with E-state index >= 15 is 0 Å². The van der Waals surface area contributed by atoms with Crippen LogP contribution in [0.1, 0.15) is 37.4 Å². The quantitative estimate of drug-likeness (QED) is 0.681. The summed E-state index contributed by atoms with van der Waals surface area (Å²) in [5.41, 5.74) is 1.05. The lowest BCUT2D eigenvalue weighted by Crippen LogP contribution is -2.35. The molecule has 4 nitrogen and oxygen atoms in total. The maximum absolute atomic E-state index is 5.98. The third-order valence-electron chi connectivity index (χ3n) is 2.74. The Morgan fingerprint density at radius 1 is 1.36 bits per heavy atom. The van der Waals surface area contributed by atoms with Gasteiger partial charge in [0.2, 0.25) is 0 Å². The van der Waals surface area contributed by atoms with Crippen LogP contribution < -0.4 is 5.84 Å². The first-order valence-electron chi connectivity index (χ1n) is 5.15. The van der Waals surface area contributed by atoms with Gasteiger partial charge < -0.3 is 0 Å². The molecule has 1 aliphatic rings. The molecule has 2 rings (SSSR count). The molecule has 0 saturated carbocycles. The molecule has 2 heterocycles. The SMILES string of the molecule is NN1CCCCCC1c1ccncn1. The molecule has 1 saturated heterocycles. The van der Waals surface area contributed by atoms with Crippen molar-refractivity contribution in [2.24, 2.45) is 5.84 Å². The molecule has 0 aliphatic carbocycles. The Morgan fingerprint density at radius 2 is 2.29 bits per heavy atom. The van der Waals surface area contributed by atoms with Crippen LogP contribution in [0, 0.1) is 0 Å². The monoisotopic (exact) mass is 192 g/mol. The lowest BCUT2D eigenvalue weighted by Gasteiger charge is -2.24. The van der Waals surface area contributed by atoms with E-state index in [4.69, 9.17) is 5.84 Å². The average molecular weight is 192 g/mol. The zero-order valence-electron chi connectivity index (χ0n) is 8.26. The second-order valence-electron chi connectivity index (χ2n) is 3.74. The van der Waals surface area contributed by atoms with Crippen LogP contribution in [-0.2, 0) is 0 Å². The summed E-state index contributed by atoms with van der Waals surface area (Å²) in [7, 11) is 0. The van der Waals surface area contributed by atoms with Gasteiger partial charge in [-0.05, 0) is 18.9 Å². The summed E-state index contributed by atoms with van der Waals surface area (Å²) in [5.74, 6) is 5.98. The van der Waals surface area contributed by atoms with Crippen molar-refractivity contribution in [2.45, 2.75) is 31.7 Å². The highest BCUT2D eigenvalue weighted by atomic mass is 15.4. The van der Waals surface area contributed by atoms with Crippen LogP contribution in [0.3, 0.4) is 0 Å². The van der Waals surface area contributed by atoms with Crippen molar-refractivity contribution in [2.75, 3.05) is 6.54 Å². The number of nitrogens with two attached hydrogens (primary N) is 1. The molecular formula is C10H16N4. The maximum atomic E-state index is 5.98. The van der Waals surface area contributed by atoms with Gasteiger partial charge in [0.05, 0.1) is 11.7 Å². The van der Waals surface area contributed by atoms with Gasteiger partial charge in [0, 0.05) is 12.7 Å². The van der Waals surface area contributed by atoms with Crippen LogP contribution in [0.15, 0.2) is 18.6 Å². The molecule has 1 atom stereocenters. The first-order valence-corrected chi connectivity index (χ1v) is 5.15.